The lowest BCUT2D eigenvalue weighted by atomic mass is 9.80. The smallest absolute Gasteiger partial charge is 0.129 e. The molecule has 1 rings (SSSR count). The summed E-state index contributed by atoms with van der Waals surface area (Å²) in [5, 5.41) is 3.04. The Morgan fingerprint density at radius 3 is 2.38 bits per heavy atom. The normalized spacial score (nSPS) is 11.9. The van der Waals surface area contributed by atoms with Crippen LogP contribution >= 0.6 is 0 Å². The predicted molar refractivity (Wildman–Crippen MR) is 62.7 cm³/mol. The molecule has 0 saturated carbocycles. The number of nitrogens with one attached hydrogen (secondary N) is 1. The molecule has 16 heavy (non-hydrogen) atoms. The van der Waals surface area contributed by atoms with Crippen LogP contribution in [0, 0.1) is 18.6 Å². The maximum atomic E-state index is 13.7. The number of benzene rings is 1. The van der Waals surface area contributed by atoms with Gasteiger partial charge in [0.1, 0.15) is 11.6 Å². The molecule has 3 heteroatoms. The van der Waals surface area contributed by atoms with Gasteiger partial charge in [0.05, 0.1) is 0 Å². The number of halogens is 2. The first-order chi connectivity index (χ1) is 7.38. The molecule has 0 aromatic heterocycles. The molecule has 1 N–H and O–H groups in total. The van der Waals surface area contributed by atoms with E-state index in [2.05, 4.69) is 5.32 Å². The van der Waals surface area contributed by atoms with Gasteiger partial charge < -0.3 is 5.32 Å². The van der Waals surface area contributed by atoms with Crippen LogP contribution in [0.5, 0.6) is 0 Å². The average Bonchev–Trinajstić information content (AvgIpc) is 2.20. The summed E-state index contributed by atoms with van der Waals surface area (Å²) in [6, 6.07) is 2.59. The molecule has 0 fully saturated rings. The van der Waals surface area contributed by atoms with Crippen LogP contribution in [0.25, 0.3) is 0 Å². The second-order valence-corrected chi connectivity index (χ2v) is 4.82. The van der Waals surface area contributed by atoms with Gasteiger partial charge in [-0.05, 0) is 49.5 Å². The van der Waals surface area contributed by atoms with E-state index in [-0.39, 0.29) is 5.41 Å². The molecule has 1 aromatic rings. The first-order valence-corrected chi connectivity index (χ1v) is 5.49. The van der Waals surface area contributed by atoms with Crippen LogP contribution in [0.3, 0.4) is 0 Å². The van der Waals surface area contributed by atoms with Crippen LogP contribution in [0.1, 0.15) is 31.4 Å². The third-order valence-corrected chi connectivity index (χ3v) is 2.98. The summed E-state index contributed by atoms with van der Waals surface area (Å²) in [6.07, 6.45) is 0.811. The minimum absolute atomic E-state index is 0.286. The molecule has 1 nitrogen and oxygen atoms in total. The summed E-state index contributed by atoms with van der Waals surface area (Å²) >= 11 is 0. The predicted octanol–water partition coefficient (Wildman–Crippen LogP) is 3.16. The van der Waals surface area contributed by atoms with Gasteiger partial charge in [-0.25, -0.2) is 8.78 Å². The van der Waals surface area contributed by atoms with Gasteiger partial charge in [0, 0.05) is 6.07 Å². The van der Waals surface area contributed by atoms with Gasteiger partial charge in [0.15, 0.2) is 0 Å². The maximum Gasteiger partial charge on any atom is 0.129 e. The molecule has 0 spiro atoms. The molecular weight excluding hydrogens is 208 g/mol. The topological polar surface area (TPSA) is 12.0 Å². The molecule has 90 valence electrons. The molecule has 0 radical (unpaired) electrons. The lowest BCUT2D eigenvalue weighted by Crippen LogP contribution is -2.25. The van der Waals surface area contributed by atoms with E-state index in [1.54, 1.807) is 13.0 Å². The second kappa shape index (κ2) is 4.91. The van der Waals surface area contributed by atoms with Gasteiger partial charge in [-0.15, -0.1) is 0 Å². The van der Waals surface area contributed by atoms with E-state index in [9.17, 15) is 8.78 Å². The van der Waals surface area contributed by atoms with E-state index < -0.39 is 11.6 Å². The SMILES string of the molecule is CNCCC(C)(C)c1cc(C)c(F)cc1F. The quantitative estimate of drug-likeness (QED) is 0.833. The lowest BCUT2D eigenvalue weighted by molar-refractivity contribution is 0.438. The third kappa shape index (κ3) is 2.79. The van der Waals surface area contributed by atoms with Crippen molar-refractivity contribution >= 4 is 0 Å². The fraction of sp³-hybridized carbons (Fsp3) is 0.538. The minimum Gasteiger partial charge on any atom is -0.320 e. The average molecular weight is 227 g/mol. The van der Waals surface area contributed by atoms with E-state index >= 15 is 0 Å². The Bertz CT molecular complexity index is 372. The van der Waals surface area contributed by atoms with Crippen LogP contribution in [0.2, 0.25) is 0 Å². The van der Waals surface area contributed by atoms with Crippen LogP contribution in [-0.4, -0.2) is 13.6 Å². The van der Waals surface area contributed by atoms with E-state index in [0.717, 1.165) is 19.0 Å². The molecule has 0 atom stereocenters. The van der Waals surface area contributed by atoms with Crippen molar-refractivity contribution in [1.82, 2.24) is 5.32 Å². The maximum absolute atomic E-state index is 13.7. The first-order valence-electron chi connectivity index (χ1n) is 5.49. The summed E-state index contributed by atoms with van der Waals surface area (Å²) in [5.74, 6) is -0.935. The largest absolute Gasteiger partial charge is 0.320 e. The number of rotatable bonds is 4. The highest BCUT2D eigenvalue weighted by atomic mass is 19.1. The highest BCUT2D eigenvalue weighted by Gasteiger charge is 2.24. The summed E-state index contributed by atoms with van der Waals surface area (Å²) in [4.78, 5) is 0. The fourth-order valence-corrected chi connectivity index (χ4v) is 1.75. The van der Waals surface area contributed by atoms with E-state index in [1.807, 2.05) is 20.9 Å². The van der Waals surface area contributed by atoms with E-state index in [4.69, 9.17) is 0 Å². The van der Waals surface area contributed by atoms with Crippen molar-refractivity contribution in [1.29, 1.82) is 0 Å². The standard InChI is InChI=1S/C13H19F2N/c1-9-7-10(12(15)8-11(9)14)13(2,3)5-6-16-4/h7-8,16H,5-6H2,1-4H3. The second-order valence-electron chi connectivity index (χ2n) is 4.82. The summed E-state index contributed by atoms with van der Waals surface area (Å²) < 4.78 is 26.8. The number of aryl methyl sites for hydroxylation is 1. The zero-order valence-corrected chi connectivity index (χ0v) is 10.3. The Morgan fingerprint density at radius 1 is 1.19 bits per heavy atom. The van der Waals surface area contributed by atoms with Crippen LogP contribution in [-0.2, 0) is 5.41 Å². The van der Waals surface area contributed by atoms with Gasteiger partial charge in [-0.3, -0.25) is 0 Å². The van der Waals surface area contributed by atoms with Gasteiger partial charge in [-0.1, -0.05) is 13.8 Å². The summed E-state index contributed by atoms with van der Waals surface area (Å²) in [6.45, 7) is 6.41. The molecule has 0 aliphatic rings. The Kier molecular flexibility index (Phi) is 4.03. The van der Waals surface area contributed by atoms with Crippen molar-refractivity contribution in [3.8, 4) is 0 Å². The van der Waals surface area contributed by atoms with Gasteiger partial charge in [-0.2, -0.15) is 0 Å². The molecule has 0 aliphatic carbocycles. The lowest BCUT2D eigenvalue weighted by Gasteiger charge is -2.26. The molecular formula is C13H19F2N. The number of hydrogen-bond acceptors (Lipinski definition) is 1. The monoisotopic (exact) mass is 227 g/mol. The van der Waals surface area contributed by atoms with Crippen molar-refractivity contribution in [2.24, 2.45) is 0 Å². The summed E-state index contributed by atoms with van der Waals surface area (Å²) in [7, 11) is 1.86. The molecule has 1 aromatic carbocycles. The third-order valence-electron chi connectivity index (χ3n) is 2.98. The van der Waals surface area contributed by atoms with Crippen LogP contribution < -0.4 is 5.32 Å². The van der Waals surface area contributed by atoms with Crippen molar-refractivity contribution < 1.29 is 8.78 Å². The van der Waals surface area contributed by atoms with Gasteiger partial charge >= 0.3 is 0 Å². The molecule has 0 unspecified atom stereocenters. The highest BCUT2D eigenvalue weighted by Crippen LogP contribution is 2.30. The Labute approximate surface area is 95.9 Å². The zero-order chi connectivity index (χ0) is 12.3. The highest BCUT2D eigenvalue weighted by molar-refractivity contribution is 5.31. The number of hydrogen-bond donors (Lipinski definition) is 1. The van der Waals surface area contributed by atoms with Crippen molar-refractivity contribution in [2.75, 3.05) is 13.6 Å². The summed E-state index contributed by atoms with van der Waals surface area (Å²) in [5.41, 5.74) is 0.793. The molecule has 0 saturated heterocycles. The molecule has 0 aliphatic heterocycles. The van der Waals surface area contributed by atoms with Crippen molar-refractivity contribution in [3.63, 3.8) is 0 Å². The molecule has 0 amide bonds. The van der Waals surface area contributed by atoms with Crippen LogP contribution in [0.4, 0.5) is 8.78 Å². The fourth-order valence-electron chi connectivity index (χ4n) is 1.75. The Hall–Kier alpha value is -0.960. The van der Waals surface area contributed by atoms with Crippen molar-refractivity contribution in [2.45, 2.75) is 32.6 Å². The zero-order valence-electron chi connectivity index (χ0n) is 10.3. The Morgan fingerprint density at radius 2 is 1.81 bits per heavy atom. The minimum atomic E-state index is -0.481. The van der Waals surface area contributed by atoms with E-state index in [0.29, 0.717) is 11.1 Å². The van der Waals surface area contributed by atoms with E-state index in [1.165, 1.54) is 0 Å². The Balaban J connectivity index is 3.07. The van der Waals surface area contributed by atoms with Crippen LogP contribution in [0.15, 0.2) is 12.1 Å². The van der Waals surface area contributed by atoms with Crippen molar-refractivity contribution in [3.05, 3.63) is 34.9 Å². The first kappa shape index (κ1) is 13.1. The molecule has 0 heterocycles. The van der Waals surface area contributed by atoms with Gasteiger partial charge in [0.2, 0.25) is 0 Å². The van der Waals surface area contributed by atoms with Gasteiger partial charge in [0.25, 0.3) is 0 Å². The molecule has 0 bridgehead atoms.